The summed E-state index contributed by atoms with van der Waals surface area (Å²) >= 11 is 0. The van der Waals surface area contributed by atoms with Crippen LogP contribution in [-0.4, -0.2) is 56.5 Å². The van der Waals surface area contributed by atoms with Gasteiger partial charge in [0.1, 0.15) is 5.60 Å². The Labute approximate surface area is 165 Å². The second-order valence-corrected chi connectivity index (χ2v) is 9.06. The lowest BCUT2D eigenvalue weighted by atomic mass is 9.93. The molecule has 0 aromatic heterocycles. The van der Waals surface area contributed by atoms with Gasteiger partial charge in [0.05, 0.1) is 6.61 Å². The smallest absolute Gasteiger partial charge is 0.410 e. The van der Waals surface area contributed by atoms with Crippen molar-refractivity contribution in [2.75, 3.05) is 44.8 Å². The number of carbonyl (C=O) groups excluding carboxylic acids is 1. The summed E-state index contributed by atoms with van der Waals surface area (Å²) in [5, 5.41) is 1.31. The maximum absolute atomic E-state index is 12.5. The van der Waals surface area contributed by atoms with Crippen molar-refractivity contribution >= 4 is 26.3 Å². The Morgan fingerprint density at radius 2 is 1.89 bits per heavy atom. The van der Waals surface area contributed by atoms with E-state index in [0.29, 0.717) is 6.54 Å². The zero-order valence-corrected chi connectivity index (χ0v) is 18.3. The second-order valence-electron chi connectivity index (χ2n) is 8.49. The Bertz CT molecular complexity index is 700. The lowest BCUT2D eigenvalue weighted by molar-refractivity contribution is 0.0258. The van der Waals surface area contributed by atoms with Gasteiger partial charge in [0.15, 0.2) is 0 Å². The number of benzene rings is 1. The van der Waals surface area contributed by atoms with E-state index in [1.165, 1.54) is 34.1 Å². The highest BCUT2D eigenvalue weighted by atomic mass is 31.0. The summed E-state index contributed by atoms with van der Waals surface area (Å²) in [4.78, 5) is 16.8. The molecule has 0 aliphatic carbocycles. The molecule has 1 unspecified atom stereocenters. The number of hydrogen-bond donors (Lipinski definition) is 0. The minimum Gasteiger partial charge on any atom is -0.444 e. The van der Waals surface area contributed by atoms with E-state index >= 15 is 0 Å². The Kier molecular flexibility index (Phi) is 6.32. The van der Waals surface area contributed by atoms with Crippen LogP contribution in [-0.2, 0) is 28.7 Å². The molecule has 0 bridgehead atoms. The number of ether oxygens (including phenoxy) is 2. The van der Waals surface area contributed by atoms with E-state index in [1.54, 1.807) is 7.11 Å². The van der Waals surface area contributed by atoms with Crippen LogP contribution >= 0.6 is 9.24 Å². The van der Waals surface area contributed by atoms with Crippen LogP contribution in [0.5, 0.6) is 0 Å². The highest BCUT2D eigenvalue weighted by Gasteiger charge is 2.28. The molecule has 2 heterocycles. The number of nitrogens with zero attached hydrogens (tertiary/aromatic N) is 2. The fraction of sp³-hybridized carbons (Fsp3) is 0.667. The van der Waals surface area contributed by atoms with E-state index in [4.69, 9.17) is 9.47 Å². The van der Waals surface area contributed by atoms with Crippen LogP contribution in [0.2, 0.25) is 0 Å². The largest absolute Gasteiger partial charge is 0.444 e. The molecule has 0 N–H and O–H groups in total. The van der Waals surface area contributed by atoms with Crippen LogP contribution in [0.25, 0.3) is 0 Å². The number of anilines is 1. The minimum atomic E-state index is -0.455. The van der Waals surface area contributed by atoms with Gasteiger partial charge in [0.2, 0.25) is 0 Å². The molecule has 0 spiro atoms. The first kappa shape index (κ1) is 20.4. The standard InChI is InChI=1S/C21H33N2O3P/c1-21(2,3)26-20(24)23-10-7-15-14-16-6-5-9-22(12-13-25-4)18(16)19(27)17(15)8-11-23/h14H,5-13,27H2,1-4H3. The van der Waals surface area contributed by atoms with E-state index < -0.39 is 5.60 Å². The van der Waals surface area contributed by atoms with Gasteiger partial charge >= 0.3 is 6.09 Å². The molecule has 3 rings (SSSR count). The Balaban J connectivity index is 1.83. The maximum Gasteiger partial charge on any atom is 0.410 e. The Morgan fingerprint density at radius 1 is 1.15 bits per heavy atom. The van der Waals surface area contributed by atoms with Crippen LogP contribution in [0, 0.1) is 0 Å². The molecular formula is C21H33N2O3P. The number of amides is 1. The average Bonchev–Trinajstić information content (AvgIpc) is 2.81. The lowest BCUT2D eigenvalue weighted by Gasteiger charge is -2.34. The first-order valence-electron chi connectivity index (χ1n) is 9.95. The molecule has 0 radical (unpaired) electrons. The average molecular weight is 392 g/mol. The first-order valence-corrected chi connectivity index (χ1v) is 10.5. The molecule has 1 atom stereocenters. The third-order valence-electron chi connectivity index (χ3n) is 5.31. The van der Waals surface area contributed by atoms with Gasteiger partial charge in [-0.05, 0) is 68.4 Å². The quantitative estimate of drug-likeness (QED) is 0.742. The van der Waals surface area contributed by atoms with Gasteiger partial charge in [-0.25, -0.2) is 4.79 Å². The predicted octanol–water partition coefficient (Wildman–Crippen LogP) is 2.92. The van der Waals surface area contributed by atoms with E-state index in [2.05, 4.69) is 20.2 Å². The van der Waals surface area contributed by atoms with Crippen LogP contribution in [0.15, 0.2) is 6.07 Å². The van der Waals surface area contributed by atoms with E-state index in [1.807, 2.05) is 25.7 Å². The van der Waals surface area contributed by atoms with Crippen LogP contribution in [0.3, 0.4) is 0 Å². The fourth-order valence-electron chi connectivity index (χ4n) is 4.06. The number of fused-ring (bicyclic) bond motifs is 2. The van der Waals surface area contributed by atoms with Crippen molar-refractivity contribution in [3.63, 3.8) is 0 Å². The van der Waals surface area contributed by atoms with Crippen molar-refractivity contribution < 1.29 is 14.3 Å². The summed E-state index contributed by atoms with van der Waals surface area (Å²) in [5.41, 5.74) is 5.12. The molecule has 6 heteroatoms. The molecule has 150 valence electrons. The number of aryl methyl sites for hydroxylation is 1. The van der Waals surface area contributed by atoms with Gasteiger partial charge in [-0.2, -0.15) is 0 Å². The molecule has 1 aromatic carbocycles. The third kappa shape index (κ3) is 4.75. The topological polar surface area (TPSA) is 42.0 Å². The van der Waals surface area contributed by atoms with Crippen molar-refractivity contribution in [3.05, 3.63) is 22.8 Å². The van der Waals surface area contributed by atoms with Gasteiger partial charge in [-0.15, -0.1) is 9.24 Å². The Morgan fingerprint density at radius 3 is 2.59 bits per heavy atom. The van der Waals surface area contributed by atoms with Gasteiger partial charge < -0.3 is 19.3 Å². The predicted molar refractivity (Wildman–Crippen MR) is 113 cm³/mol. The molecule has 0 saturated carbocycles. The third-order valence-corrected chi connectivity index (χ3v) is 5.93. The van der Waals surface area contributed by atoms with Gasteiger partial charge in [-0.1, -0.05) is 6.07 Å². The van der Waals surface area contributed by atoms with Crippen molar-refractivity contribution in [2.45, 2.75) is 52.1 Å². The molecule has 2 aliphatic rings. The summed E-state index contributed by atoms with van der Waals surface area (Å²) in [5.74, 6) is 0. The molecule has 5 nitrogen and oxygen atoms in total. The number of carbonyl (C=O) groups is 1. The normalized spacial score (nSPS) is 17.2. The summed E-state index contributed by atoms with van der Waals surface area (Å²) < 4.78 is 10.9. The fourth-order valence-corrected chi connectivity index (χ4v) is 4.75. The second kappa shape index (κ2) is 8.36. The van der Waals surface area contributed by atoms with E-state index in [-0.39, 0.29) is 6.09 Å². The molecule has 1 aromatic rings. The molecular weight excluding hydrogens is 359 g/mol. The van der Waals surface area contributed by atoms with Crippen molar-refractivity contribution in [3.8, 4) is 0 Å². The summed E-state index contributed by atoms with van der Waals surface area (Å²) in [7, 11) is 4.75. The highest BCUT2D eigenvalue weighted by molar-refractivity contribution is 7.28. The summed E-state index contributed by atoms with van der Waals surface area (Å²) in [6, 6.07) is 2.38. The number of hydrogen-bond acceptors (Lipinski definition) is 4. The number of rotatable bonds is 3. The SMILES string of the molecule is COCCN1CCCc2cc3c(c(P)c21)CCN(C(=O)OC(C)(C)C)CC3. The van der Waals surface area contributed by atoms with Gasteiger partial charge in [0.25, 0.3) is 0 Å². The zero-order chi connectivity index (χ0) is 19.6. The van der Waals surface area contributed by atoms with Crippen molar-refractivity contribution in [1.29, 1.82) is 0 Å². The molecule has 0 fully saturated rings. The van der Waals surface area contributed by atoms with Gasteiger partial charge in [0, 0.05) is 39.0 Å². The summed E-state index contributed by atoms with van der Waals surface area (Å²) in [6.07, 6.45) is 3.87. The first-order chi connectivity index (χ1) is 12.8. The Hall–Kier alpha value is -1.32. The number of methoxy groups -OCH3 is 1. The van der Waals surface area contributed by atoms with Gasteiger partial charge in [-0.3, -0.25) is 0 Å². The molecule has 1 amide bonds. The molecule has 0 saturated heterocycles. The molecule has 27 heavy (non-hydrogen) atoms. The van der Waals surface area contributed by atoms with Crippen LogP contribution in [0.1, 0.15) is 43.9 Å². The van der Waals surface area contributed by atoms with Crippen LogP contribution in [0.4, 0.5) is 10.5 Å². The monoisotopic (exact) mass is 392 g/mol. The summed E-state index contributed by atoms with van der Waals surface area (Å²) in [6.45, 7) is 9.93. The van der Waals surface area contributed by atoms with E-state index in [9.17, 15) is 4.79 Å². The minimum absolute atomic E-state index is 0.202. The van der Waals surface area contributed by atoms with Crippen molar-refractivity contribution in [1.82, 2.24) is 4.90 Å². The highest BCUT2D eigenvalue weighted by Crippen LogP contribution is 2.32. The molecule has 2 aliphatic heterocycles. The van der Waals surface area contributed by atoms with E-state index in [0.717, 1.165) is 45.5 Å². The van der Waals surface area contributed by atoms with Crippen molar-refractivity contribution in [2.24, 2.45) is 0 Å². The zero-order valence-electron chi connectivity index (χ0n) is 17.1. The lowest BCUT2D eigenvalue weighted by Crippen LogP contribution is -2.38. The maximum atomic E-state index is 12.5. The van der Waals surface area contributed by atoms with Crippen LogP contribution < -0.4 is 10.2 Å².